The molecule has 14 heavy (non-hydrogen) atoms. The standard InChI is InChI=1S/C9H16N4O/c1-7(2)13-6-11-12-9(13)8-5-14-4-3-10-8/h6-8,10H,3-5H2,1-2H3. The van der Waals surface area contributed by atoms with Gasteiger partial charge >= 0.3 is 0 Å². The van der Waals surface area contributed by atoms with E-state index in [1.165, 1.54) is 0 Å². The van der Waals surface area contributed by atoms with E-state index in [1.54, 1.807) is 6.33 Å². The minimum Gasteiger partial charge on any atom is -0.378 e. The van der Waals surface area contributed by atoms with Crippen molar-refractivity contribution >= 4 is 0 Å². The minimum atomic E-state index is 0.189. The van der Waals surface area contributed by atoms with Crippen LogP contribution >= 0.6 is 0 Å². The number of nitrogens with zero attached hydrogens (tertiary/aromatic N) is 3. The SMILES string of the molecule is CC(C)n1cnnc1C1COCCN1. The van der Waals surface area contributed by atoms with Crippen molar-refractivity contribution in [1.82, 2.24) is 20.1 Å². The summed E-state index contributed by atoms with van der Waals surface area (Å²) in [7, 11) is 0. The van der Waals surface area contributed by atoms with Crippen LogP contribution in [0.15, 0.2) is 6.33 Å². The highest BCUT2D eigenvalue weighted by atomic mass is 16.5. The maximum atomic E-state index is 5.40. The molecule has 1 unspecified atom stereocenters. The third-order valence-corrected chi connectivity index (χ3v) is 2.39. The number of morpholine rings is 1. The van der Waals surface area contributed by atoms with Gasteiger partial charge in [-0.1, -0.05) is 0 Å². The van der Waals surface area contributed by atoms with Crippen molar-refractivity contribution in [2.75, 3.05) is 19.8 Å². The number of nitrogens with one attached hydrogen (secondary N) is 1. The predicted molar refractivity (Wildman–Crippen MR) is 52.0 cm³/mol. The Balaban J connectivity index is 2.17. The molecule has 2 rings (SSSR count). The number of rotatable bonds is 2. The second-order valence-electron chi connectivity index (χ2n) is 3.77. The third-order valence-electron chi connectivity index (χ3n) is 2.39. The molecule has 1 atom stereocenters. The molecule has 1 aliphatic rings. The molecule has 0 aromatic carbocycles. The maximum Gasteiger partial charge on any atom is 0.152 e. The van der Waals surface area contributed by atoms with Gasteiger partial charge in [0.2, 0.25) is 0 Å². The second kappa shape index (κ2) is 4.06. The molecule has 0 bridgehead atoms. The predicted octanol–water partition coefficient (Wildman–Crippen LogP) is 0.520. The highest BCUT2D eigenvalue weighted by Crippen LogP contribution is 2.16. The van der Waals surface area contributed by atoms with Gasteiger partial charge in [0.1, 0.15) is 6.33 Å². The molecule has 0 spiro atoms. The maximum absolute atomic E-state index is 5.40. The Morgan fingerprint density at radius 1 is 1.64 bits per heavy atom. The van der Waals surface area contributed by atoms with Crippen LogP contribution in [0.2, 0.25) is 0 Å². The molecular weight excluding hydrogens is 180 g/mol. The second-order valence-corrected chi connectivity index (χ2v) is 3.77. The average Bonchev–Trinajstić information content (AvgIpc) is 2.67. The van der Waals surface area contributed by atoms with Crippen LogP contribution in [0, 0.1) is 0 Å². The van der Waals surface area contributed by atoms with Crippen LogP contribution in [0.1, 0.15) is 31.8 Å². The topological polar surface area (TPSA) is 52.0 Å². The van der Waals surface area contributed by atoms with E-state index in [9.17, 15) is 0 Å². The van der Waals surface area contributed by atoms with E-state index >= 15 is 0 Å². The van der Waals surface area contributed by atoms with Crippen LogP contribution in [0.5, 0.6) is 0 Å². The smallest absolute Gasteiger partial charge is 0.152 e. The molecule has 0 aliphatic carbocycles. The molecule has 0 radical (unpaired) electrons. The van der Waals surface area contributed by atoms with Crippen molar-refractivity contribution in [3.63, 3.8) is 0 Å². The van der Waals surface area contributed by atoms with Gasteiger partial charge in [-0.15, -0.1) is 10.2 Å². The van der Waals surface area contributed by atoms with Crippen LogP contribution in [0.25, 0.3) is 0 Å². The Kier molecular flexibility index (Phi) is 2.79. The molecule has 1 aromatic rings. The highest BCUT2D eigenvalue weighted by molar-refractivity contribution is 4.97. The van der Waals surface area contributed by atoms with Crippen molar-refractivity contribution in [2.24, 2.45) is 0 Å². The van der Waals surface area contributed by atoms with Crippen molar-refractivity contribution in [3.05, 3.63) is 12.2 Å². The molecule has 1 aromatic heterocycles. The molecular formula is C9H16N4O. The van der Waals surface area contributed by atoms with Gasteiger partial charge in [0, 0.05) is 12.6 Å². The first-order valence-corrected chi connectivity index (χ1v) is 4.99. The normalized spacial score (nSPS) is 22.9. The van der Waals surface area contributed by atoms with E-state index in [-0.39, 0.29) is 6.04 Å². The van der Waals surface area contributed by atoms with Gasteiger partial charge in [-0.3, -0.25) is 0 Å². The summed E-state index contributed by atoms with van der Waals surface area (Å²) in [6, 6.07) is 0.581. The summed E-state index contributed by atoms with van der Waals surface area (Å²) in [5.74, 6) is 0.972. The zero-order valence-electron chi connectivity index (χ0n) is 8.60. The van der Waals surface area contributed by atoms with Gasteiger partial charge in [0.25, 0.3) is 0 Å². The van der Waals surface area contributed by atoms with E-state index in [4.69, 9.17) is 4.74 Å². The van der Waals surface area contributed by atoms with Gasteiger partial charge in [-0.2, -0.15) is 0 Å². The van der Waals surface area contributed by atoms with E-state index in [0.717, 1.165) is 19.0 Å². The lowest BCUT2D eigenvalue weighted by molar-refractivity contribution is 0.0726. The van der Waals surface area contributed by atoms with Crippen LogP contribution in [-0.4, -0.2) is 34.5 Å². The Morgan fingerprint density at radius 3 is 3.14 bits per heavy atom. The van der Waals surface area contributed by atoms with Crippen LogP contribution < -0.4 is 5.32 Å². The summed E-state index contributed by atoms with van der Waals surface area (Å²) in [6.07, 6.45) is 1.77. The van der Waals surface area contributed by atoms with E-state index in [0.29, 0.717) is 12.6 Å². The lowest BCUT2D eigenvalue weighted by Gasteiger charge is -2.24. The summed E-state index contributed by atoms with van der Waals surface area (Å²) in [4.78, 5) is 0. The Morgan fingerprint density at radius 2 is 2.50 bits per heavy atom. The molecule has 1 saturated heterocycles. The van der Waals surface area contributed by atoms with Crippen molar-refractivity contribution in [3.8, 4) is 0 Å². The van der Waals surface area contributed by atoms with Crippen LogP contribution in [0.4, 0.5) is 0 Å². The third kappa shape index (κ3) is 1.78. The lowest BCUT2D eigenvalue weighted by Crippen LogP contribution is -2.36. The highest BCUT2D eigenvalue weighted by Gasteiger charge is 2.21. The van der Waals surface area contributed by atoms with Crippen LogP contribution in [-0.2, 0) is 4.74 Å². The van der Waals surface area contributed by atoms with Gasteiger partial charge in [0.15, 0.2) is 5.82 Å². The Bertz CT molecular complexity index is 291. The molecule has 5 nitrogen and oxygen atoms in total. The lowest BCUT2D eigenvalue weighted by atomic mass is 10.2. The molecule has 0 amide bonds. The molecule has 78 valence electrons. The Labute approximate surface area is 83.5 Å². The Hall–Kier alpha value is -0.940. The molecule has 5 heteroatoms. The molecule has 2 heterocycles. The van der Waals surface area contributed by atoms with Crippen molar-refractivity contribution < 1.29 is 4.74 Å². The first-order valence-electron chi connectivity index (χ1n) is 4.99. The summed E-state index contributed by atoms with van der Waals surface area (Å²) in [5.41, 5.74) is 0. The fourth-order valence-corrected chi connectivity index (χ4v) is 1.63. The molecule has 1 aliphatic heterocycles. The molecule has 0 saturated carbocycles. The summed E-state index contributed by atoms with van der Waals surface area (Å²) < 4.78 is 7.47. The van der Waals surface area contributed by atoms with Gasteiger partial charge in [-0.25, -0.2) is 0 Å². The van der Waals surface area contributed by atoms with Crippen molar-refractivity contribution in [2.45, 2.75) is 25.9 Å². The number of ether oxygens (including phenoxy) is 1. The number of aromatic nitrogens is 3. The zero-order chi connectivity index (χ0) is 9.97. The van der Waals surface area contributed by atoms with Crippen molar-refractivity contribution in [1.29, 1.82) is 0 Å². The summed E-state index contributed by atoms with van der Waals surface area (Å²) in [5, 5.41) is 11.4. The first kappa shape index (κ1) is 9.61. The minimum absolute atomic E-state index is 0.189. The van der Waals surface area contributed by atoms with Gasteiger partial charge < -0.3 is 14.6 Å². The zero-order valence-corrected chi connectivity index (χ0v) is 8.60. The molecule has 1 N–H and O–H groups in total. The van der Waals surface area contributed by atoms with Crippen LogP contribution in [0.3, 0.4) is 0 Å². The van der Waals surface area contributed by atoms with E-state index < -0.39 is 0 Å². The van der Waals surface area contributed by atoms with E-state index in [2.05, 4.69) is 33.9 Å². The average molecular weight is 196 g/mol. The molecule has 1 fully saturated rings. The van der Waals surface area contributed by atoms with Gasteiger partial charge in [-0.05, 0) is 13.8 Å². The fourth-order valence-electron chi connectivity index (χ4n) is 1.63. The van der Waals surface area contributed by atoms with Gasteiger partial charge in [0.05, 0.1) is 19.3 Å². The quantitative estimate of drug-likeness (QED) is 0.749. The first-order chi connectivity index (χ1) is 6.79. The summed E-state index contributed by atoms with van der Waals surface area (Å²) in [6.45, 7) is 6.60. The van der Waals surface area contributed by atoms with E-state index in [1.807, 2.05) is 0 Å². The summed E-state index contributed by atoms with van der Waals surface area (Å²) >= 11 is 0. The number of hydrogen-bond acceptors (Lipinski definition) is 4. The number of hydrogen-bond donors (Lipinski definition) is 1. The fraction of sp³-hybridized carbons (Fsp3) is 0.778. The monoisotopic (exact) mass is 196 g/mol. The largest absolute Gasteiger partial charge is 0.378 e.